The Labute approximate surface area is 78.5 Å². The molecule has 1 heterocycles. The summed E-state index contributed by atoms with van der Waals surface area (Å²) in [5.74, 6) is 0. The Kier molecular flexibility index (Phi) is 2.91. The molecule has 0 radical (unpaired) electrons. The van der Waals surface area contributed by atoms with Crippen molar-refractivity contribution in [1.29, 1.82) is 0 Å². The van der Waals surface area contributed by atoms with Crippen molar-refractivity contribution in [1.82, 2.24) is 18.7 Å². The molecule has 0 aliphatic rings. The van der Waals surface area contributed by atoms with E-state index < -0.39 is 7.59 Å². The molecule has 0 saturated heterocycles. The van der Waals surface area contributed by atoms with Crippen LogP contribution in [0, 0.1) is 0 Å². The highest BCUT2D eigenvalue weighted by atomic mass is 31.2. The summed E-state index contributed by atoms with van der Waals surface area (Å²) in [4.78, 5) is 3.89. The zero-order valence-electron chi connectivity index (χ0n) is 8.38. The third-order valence-electron chi connectivity index (χ3n) is 1.83. The quantitative estimate of drug-likeness (QED) is 0.685. The van der Waals surface area contributed by atoms with Gasteiger partial charge in [0.1, 0.15) is 6.33 Å². The van der Waals surface area contributed by atoms with Crippen LogP contribution in [0.2, 0.25) is 0 Å². The molecule has 1 rings (SSSR count). The topological polar surface area (TPSA) is 41.4 Å². The van der Waals surface area contributed by atoms with Gasteiger partial charge in [-0.15, -0.1) is 0 Å². The van der Waals surface area contributed by atoms with Crippen molar-refractivity contribution in [3.8, 4) is 0 Å². The van der Waals surface area contributed by atoms with Crippen molar-refractivity contribution in [2.24, 2.45) is 0 Å². The van der Waals surface area contributed by atoms with Gasteiger partial charge in [0.05, 0.1) is 0 Å². The lowest BCUT2D eigenvalue weighted by Crippen LogP contribution is -2.24. The van der Waals surface area contributed by atoms with Gasteiger partial charge in [-0.3, -0.25) is 8.90 Å². The molecule has 0 aliphatic carbocycles. The molecule has 0 fully saturated rings. The highest BCUT2D eigenvalue weighted by molar-refractivity contribution is 7.57. The van der Waals surface area contributed by atoms with Crippen LogP contribution in [-0.4, -0.2) is 46.9 Å². The van der Waals surface area contributed by atoms with Crippen molar-refractivity contribution in [3.05, 3.63) is 18.7 Å². The Morgan fingerprint density at radius 2 is 1.77 bits per heavy atom. The van der Waals surface area contributed by atoms with Crippen molar-refractivity contribution in [2.45, 2.75) is 0 Å². The van der Waals surface area contributed by atoms with Crippen LogP contribution in [-0.2, 0) is 4.57 Å². The van der Waals surface area contributed by atoms with Gasteiger partial charge in [-0.1, -0.05) is 0 Å². The van der Waals surface area contributed by atoms with Gasteiger partial charge in [0.2, 0.25) is 0 Å². The SMILES string of the molecule is CN(C)P(=O)(N(C)C)n1ccnc1. The van der Waals surface area contributed by atoms with Gasteiger partial charge < -0.3 is 0 Å². The molecule has 0 atom stereocenters. The number of hydrogen-bond acceptors (Lipinski definition) is 2. The largest absolute Gasteiger partial charge is 0.314 e. The molecular weight excluding hydrogens is 187 g/mol. The lowest BCUT2D eigenvalue weighted by molar-refractivity contribution is 0.437. The molecule has 6 heteroatoms. The molecule has 0 aromatic carbocycles. The van der Waals surface area contributed by atoms with Gasteiger partial charge in [0.25, 0.3) is 0 Å². The maximum atomic E-state index is 12.5. The molecule has 1 aromatic heterocycles. The zero-order chi connectivity index (χ0) is 10.1. The maximum Gasteiger partial charge on any atom is 0.314 e. The minimum atomic E-state index is -2.65. The Hall–Kier alpha value is -0.640. The molecule has 0 bridgehead atoms. The van der Waals surface area contributed by atoms with Crippen LogP contribution >= 0.6 is 7.59 Å². The van der Waals surface area contributed by atoms with Gasteiger partial charge in [0, 0.05) is 12.4 Å². The second kappa shape index (κ2) is 3.62. The fourth-order valence-corrected chi connectivity index (χ4v) is 3.15. The summed E-state index contributed by atoms with van der Waals surface area (Å²) >= 11 is 0. The van der Waals surface area contributed by atoms with Crippen LogP contribution in [0.5, 0.6) is 0 Å². The van der Waals surface area contributed by atoms with Gasteiger partial charge in [0.15, 0.2) is 0 Å². The van der Waals surface area contributed by atoms with E-state index in [-0.39, 0.29) is 0 Å². The first-order valence-electron chi connectivity index (χ1n) is 3.94. The molecule has 0 spiro atoms. The minimum absolute atomic E-state index is 1.57. The van der Waals surface area contributed by atoms with E-state index in [0.29, 0.717) is 0 Å². The van der Waals surface area contributed by atoms with E-state index >= 15 is 0 Å². The van der Waals surface area contributed by atoms with E-state index in [0.717, 1.165) is 0 Å². The average molecular weight is 202 g/mol. The lowest BCUT2D eigenvalue weighted by atomic mass is 11.0. The fraction of sp³-hybridized carbons (Fsp3) is 0.571. The summed E-state index contributed by atoms with van der Waals surface area (Å²) in [5, 5.41) is 0. The van der Waals surface area contributed by atoms with Crippen LogP contribution < -0.4 is 0 Å². The molecule has 0 aliphatic heterocycles. The van der Waals surface area contributed by atoms with Crippen molar-refractivity contribution in [2.75, 3.05) is 28.2 Å². The number of hydrogen-bond donors (Lipinski definition) is 0. The second-order valence-electron chi connectivity index (χ2n) is 3.15. The summed E-state index contributed by atoms with van der Waals surface area (Å²) in [6.45, 7) is 0. The Bertz CT molecular complexity index is 294. The summed E-state index contributed by atoms with van der Waals surface area (Å²) in [6, 6.07) is 0. The zero-order valence-corrected chi connectivity index (χ0v) is 9.27. The Balaban J connectivity index is 3.14. The van der Waals surface area contributed by atoms with E-state index in [2.05, 4.69) is 4.98 Å². The number of imidazole rings is 1. The highest BCUT2D eigenvalue weighted by Crippen LogP contribution is 2.50. The fourth-order valence-electron chi connectivity index (χ4n) is 1.18. The first-order valence-corrected chi connectivity index (χ1v) is 5.50. The van der Waals surface area contributed by atoms with Gasteiger partial charge >= 0.3 is 7.59 Å². The first-order chi connectivity index (χ1) is 5.99. The van der Waals surface area contributed by atoms with E-state index in [1.165, 1.54) is 0 Å². The number of nitrogens with zero attached hydrogens (tertiary/aromatic N) is 4. The lowest BCUT2D eigenvalue weighted by Gasteiger charge is -2.30. The average Bonchev–Trinajstić information content (AvgIpc) is 2.54. The van der Waals surface area contributed by atoms with Crippen molar-refractivity contribution >= 4 is 7.59 Å². The Morgan fingerprint density at radius 3 is 2.08 bits per heavy atom. The summed E-state index contributed by atoms with van der Waals surface area (Å²) in [5.41, 5.74) is 0. The standard InChI is InChI=1S/C7H15N4OP/c1-9(2)13(12,10(3)4)11-6-5-8-7-11/h5-7H,1-4H3. The van der Waals surface area contributed by atoms with Crippen LogP contribution in [0.25, 0.3) is 0 Å². The van der Waals surface area contributed by atoms with Crippen LogP contribution in [0.1, 0.15) is 0 Å². The Morgan fingerprint density at radius 1 is 1.23 bits per heavy atom. The summed E-state index contributed by atoms with van der Waals surface area (Å²) in [7, 11) is 4.52. The van der Waals surface area contributed by atoms with E-state index in [1.807, 2.05) is 0 Å². The molecule has 74 valence electrons. The maximum absolute atomic E-state index is 12.5. The minimum Gasteiger partial charge on any atom is -0.263 e. The molecule has 0 unspecified atom stereocenters. The third-order valence-corrected chi connectivity index (χ3v) is 4.76. The van der Waals surface area contributed by atoms with Crippen LogP contribution in [0.15, 0.2) is 18.7 Å². The normalized spacial score (nSPS) is 12.8. The van der Waals surface area contributed by atoms with Crippen LogP contribution in [0.4, 0.5) is 0 Å². The highest BCUT2D eigenvalue weighted by Gasteiger charge is 2.29. The summed E-state index contributed by atoms with van der Waals surface area (Å²) < 4.78 is 17.5. The molecule has 0 saturated carbocycles. The van der Waals surface area contributed by atoms with Crippen molar-refractivity contribution in [3.63, 3.8) is 0 Å². The second-order valence-corrected chi connectivity index (χ2v) is 6.24. The molecule has 0 amide bonds. The number of rotatable bonds is 3. The molecule has 5 nitrogen and oxygen atoms in total. The number of aromatic nitrogens is 2. The predicted molar refractivity (Wildman–Crippen MR) is 52.6 cm³/mol. The van der Waals surface area contributed by atoms with Crippen LogP contribution in [0.3, 0.4) is 0 Å². The van der Waals surface area contributed by atoms with Crippen molar-refractivity contribution < 1.29 is 4.57 Å². The predicted octanol–water partition coefficient (Wildman–Crippen LogP) is 0.962. The van der Waals surface area contributed by atoms with E-state index in [1.54, 1.807) is 60.6 Å². The van der Waals surface area contributed by atoms with Gasteiger partial charge in [-0.05, 0) is 28.2 Å². The monoisotopic (exact) mass is 202 g/mol. The van der Waals surface area contributed by atoms with Gasteiger partial charge in [-0.25, -0.2) is 14.3 Å². The molecule has 1 aromatic rings. The smallest absolute Gasteiger partial charge is 0.263 e. The van der Waals surface area contributed by atoms with E-state index in [9.17, 15) is 4.57 Å². The van der Waals surface area contributed by atoms with Gasteiger partial charge in [-0.2, -0.15) is 0 Å². The molecule has 13 heavy (non-hydrogen) atoms. The molecule has 0 N–H and O–H groups in total. The third kappa shape index (κ3) is 1.68. The first kappa shape index (κ1) is 10.4. The molecular formula is C7H15N4OP. The summed E-state index contributed by atoms with van der Waals surface area (Å²) in [6.07, 6.45) is 4.90. The van der Waals surface area contributed by atoms with E-state index in [4.69, 9.17) is 0 Å².